The SMILES string of the molecule is CCOc1ccc(CN(C)C(=O)c2nccnc2N)cc1. The molecule has 2 rings (SSSR count). The van der Waals surface area contributed by atoms with Gasteiger partial charge in [-0.25, -0.2) is 9.97 Å². The average molecular weight is 286 g/mol. The molecule has 0 radical (unpaired) electrons. The highest BCUT2D eigenvalue weighted by Crippen LogP contribution is 2.14. The molecule has 110 valence electrons. The van der Waals surface area contributed by atoms with Crippen molar-refractivity contribution in [1.82, 2.24) is 14.9 Å². The van der Waals surface area contributed by atoms with Gasteiger partial charge >= 0.3 is 0 Å². The molecule has 0 spiro atoms. The summed E-state index contributed by atoms with van der Waals surface area (Å²) < 4.78 is 5.38. The topological polar surface area (TPSA) is 81.3 Å². The van der Waals surface area contributed by atoms with Crippen LogP contribution >= 0.6 is 0 Å². The third-order valence-electron chi connectivity index (χ3n) is 2.93. The quantitative estimate of drug-likeness (QED) is 0.905. The minimum Gasteiger partial charge on any atom is -0.494 e. The molecule has 0 fully saturated rings. The monoisotopic (exact) mass is 286 g/mol. The van der Waals surface area contributed by atoms with Crippen LogP contribution in [0.4, 0.5) is 5.82 Å². The molecular formula is C15H18N4O2. The van der Waals surface area contributed by atoms with Crippen LogP contribution in [0.3, 0.4) is 0 Å². The van der Waals surface area contributed by atoms with E-state index in [1.165, 1.54) is 12.4 Å². The highest BCUT2D eigenvalue weighted by molar-refractivity contribution is 5.96. The zero-order valence-corrected chi connectivity index (χ0v) is 12.1. The predicted molar refractivity (Wildman–Crippen MR) is 79.9 cm³/mol. The molecule has 0 aliphatic heterocycles. The maximum Gasteiger partial charge on any atom is 0.276 e. The zero-order chi connectivity index (χ0) is 15.2. The van der Waals surface area contributed by atoms with Crippen LogP contribution in [-0.2, 0) is 6.54 Å². The van der Waals surface area contributed by atoms with Crippen molar-refractivity contribution in [2.75, 3.05) is 19.4 Å². The van der Waals surface area contributed by atoms with Crippen molar-refractivity contribution in [2.45, 2.75) is 13.5 Å². The van der Waals surface area contributed by atoms with E-state index in [0.717, 1.165) is 11.3 Å². The van der Waals surface area contributed by atoms with Gasteiger partial charge in [-0.2, -0.15) is 0 Å². The third kappa shape index (κ3) is 3.68. The zero-order valence-electron chi connectivity index (χ0n) is 12.1. The van der Waals surface area contributed by atoms with Gasteiger partial charge in [-0.05, 0) is 24.6 Å². The first-order valence-corrected chi connectivity index (χ1v) is 6.65. The fraction of sp³-hybridized carbons (Fsp3) is 0.267. The Hall–Kier alpha value is -2.63. The van der Waals surface area contributed by atoms with Gasteiger partial charge in [0.15, 0.2) is 11.5 Å². The van der Waals surface area contributed by atoms with Crippen LogP contribution in [0, 0.1) is 0 Å². The van der Waals surface area contributed by atoms with Gasteiger partial charge in [-0.15, -0.1) is 0 Å². The molecule has 0 aliphatic rings. The lowest BCUT2D eigenvalue weighted by Crippen LogP contribution is -2.28. The smallest absolute Gasteiger partial charge is 0.276 e. The molecule has 6 heteroatoms. The van der Waals surface area contributed by atoms with Crippen LogP contribution in [0.25, 0.3) is 0 Å². The van der Waals surface area contributed by atoms with E-state index >= 15 is 0 Å². The summed E-state index contributed by atoms with van der Waals surface area (Å²) in [6, 6.07) is 7.62. The largest absolute Gasteiger partial charge is 0.494 e. The summed E-state index contributed by atoms with van der Waals surface area (Å²) in [4.78, 5) is 21.7. The van der Waals surface area contributed by atoms with Crippen LogP contribution in [0.15, 0.2) is 36.7 Å². The van der Waals surface area contributed by atoms with Gasteiger partial charge in [0.25, 0.3) is 5.91 Å². The van der Waals surface area contributed by atoms with Crippen molar-refractivity contribution in [3.63, 3.8) is 0 Å². The summed E-state index contributed by atoms with van der Waals surface area (Å²) in [6.07, 6.45) is 2.91. The van der Waals surface area contributed by atoms with Gasteiger partial charge in [0.05, 0.1) is 6.61 Å². The van der Waals surface area contributed by atoms with E-state index < -0.39 is 0 Å². The Bertz CT molecular complexity index is 613. The number of nitrogen functional groups attached to an aromatic ring is 1. The molecule has 2 aromatic rings. The third-order valence-corrected chi connectivity index (χ3v) is 2.93. The van der Waals surface area contributed by atoms with Crippen LogP contribution < -0.4 is 10.5 Å². The second-order valence-electron chi connectivity index (χ2n) is 4.53. The molecule has 1 heterocycles. The highest BCUT2D eigenvalue weighted by Gasteiger charge is 2.16. The first-order valence-electron chi connectivity index (χ1n) is 6.65. The van der Waals surface area contributed by atoms with Crippen molar-refractivity contribution in [3.8, 4) is 5.75 Å². The van der Waals surface area contributed by atoms with Gasteiger partial charge in [-0.3, -0.25) is 4.79 Å². The normalized spacial score (nSPS) is 10.2. The van der Waals surface area contributed by atoms with Crippen molar-refractivity contribution in [2.24, 2.45) is 0 Å². The number of nitrogens with two attached hydrogens (primary N) is 1. The number of aromatic nitrogens is 2. The molecule has 1 aromatic carbocycles. The Morgan fingerprint density at radius 2 is 1.90 bits per heavy atom. The minimum absolute atomic E-state index is 0.140. The number of carbonyl (C=O) groups excluding carboxylic acids is 1. The van der Waals surface area contributed by atoms with Gasteiger partial charge in [0.2, 0.25) is 0 Å². The number of anilines is 1. The second-order valence-corrected chi connectivity index (χ2v) is 4.53. The number of rotatable bonds is 5. The molecule has 6 nitrogen and oxygen atoms in total. The molecule has 2 N–H and O–H groups in total. The van der Waals surface area contributed by atoms with Gasteiger partial charge in [0.1, 0.15) is 5.75 Å². The average Bonchev–Trinajstić information content (AvgIpc) is 2.49. The standard InChI is InChI=1S/C15H18N4O2/c1-3-21-12-6-4-11(5-7-12)10-19(2)15(20)13-14(16)18-9-8-17-13/h4-9H,3,10H2,1-2H3,(H2,16,18). The Morgan fingerprint density at radius 1 is 1.24 bits per heavy atom. The van der Waals surface area contributed by atoms with E-state index in [2.05, 4.69) is 9.97 Å². The van der Waals surface area contributed by atoms with Gasteiger partial charge in [0, 0.05) is 26.0 Å². The Labute approximate surface area is 123 Å². The number of carbonyl (C=O) groups is 1. The molecular weight excluding hydrogens is 268 g/mol. The van der Waals surface area contributed by atoms with Crippen LogP contribution in [0.1, 0.15) is 23.0 Å². The van der Waals surface area contributed by atoms with Crippen LogP contribution in [0.5, 0.6) is 5.75 Å². The summed E-state index contributed by atoms with van der Waals surface area (Å²) in [5.41, 5.74) is 6.84. The van der Waals surface area contributed by atoms with E-state index in [9.17, 15) is 4.79 Å². The number of hydrogen-bond acceptors (Lipinski definition) is 5. The number of ether oxygens (including phenoxy) is 1. The molecule has 1 amide bonds. The molecule has 0 saturated carbocycles. The summed E-state index contributed by atoms with van der Waals surface area (Å²) in [6.45, 7) is 3.02. The summed E-state index contributed by atoms with van der Waals surface area (Å²) in [7, 11) is 1.70. The first-order chi connectivity index (χ1) is 10.1. The van der Waals surface area contributed by atoms with Crippen LogP contribution in [-0.4, -0.2) is 34.4 Å². The summed E-state index contributed by atoms with van der Waals surface area (Å²) in [5.74, 6) is 0.698. The molecule has 0 bridgehead atoms. The summed E-state index contributed by atoms with van der Waals surface area (Å²) in [5, 5.41) is 0. The molecule has 21 heavy (non-hydrogen) atoms. The fourth-order valence-corrected chi connectivity index (χ4v) is 1.90. The molecule has 0 aliphatic carbocycles. The lowest BCUT2D eigenvalue weighted by Gasteiger charge is -2.17. The predicted octanol–water partition coefficient (Wildman–Crippen LogP) is 1.73. The minimum atomic E-state index is -0.255. The maximum absolute atomic E-state index is 12.3. The van der Waals surface area contributed by atoms with Gasteiger partial charge in [-0.1, -0.05) is 12.1 Å². The van der Waals surface area contributed by atoms with E-state index in [4.69, 9.17) is 10.5 Å². The Balaban J connectivity index is 2.05. The van der Waals surface area contributed by atoms with Crippen molar-refractivity contribution < 1.29 is 9.53 Å². The number of benzene rings is 1. The molecule has 0 saturated heterocycles. The molecule has 0 atom stereocenters. The maximum atomic E-state index is 12.3. The van der Waals surface area contributed by atoms with Crippen molar-refractivity contribution in [3.05, 3.63) is 47.9 Å². The van der Waals surface area contributed by atoms with E-state index in [1.54, 1.807) is 11.9 Å². The first kappa shape index (κ1) is 14.8. The Kier molecular flexibility index (Phi) is 4.71. The van der Waals surface area contributed by atoms with Crippen LogP contribution in [0.2, 0.25) is 0 Å². The fourth-order valence-electron chi connectivity index (χ4n) is 1.90. The molecule has 1 aromatic heterocycles. The van der Waals surface area contributed by atoms with E-state index in [1.807, 2.05) is 31.2 Å². The number of amides is 1. The highest BCUT2D eigenvalue weighted by atomic mass is 16.5. The summed E-state index contributed by atoms with van der Waals surface area (Å²) >= 11 is 0. The van der Waals surface area contributed by atoms with Crippen molar-refractivity contribution in [1.29, 1.82) is 0 Å². The Morgan fingerprint density at radius 3 is 2.52 bits per heavy atom. The number of nitrogens with zero attached hydrogens (tertiary/aromatic N) is 3. The van der Waals surface area contributed by atoms with E-state index in [0.29, 0.717) is 13.2 Å². The molecule has 0 unspecified atom stereocenters. The number of hydrogen-bond donors (Lipinski definition) is 1. The second kappa shape index (κ2) is 6.69. The van der Waals surface area contributed by atoms with Gasteiger partial charge < -0.3 is 15.4 Å². The lowest BCUT2D eigenvalue weighted by atomic mass is 10.2. The van der Waals surface area contributed by atoms with E-state index in [-0.39, 0.29) is 17.4 Å². The van der Waals surface area contributed by atoms with Crippen molar-refractivity contribution >= 4 is 11.7 Å². The lowest BCUT2D eigenvalue weighted by molar-refractivity contribution is 0.0780.